The lowest BCUT2D eigenvalue weighted by molar-refractivity contribution is 0.0752. The van der Waals surface area contributed by atoms with Crippen molar-refractivity contribution in [3.63, 3.8) is 0 Å². The molecule has 12 heavy (non-hydrogen) atoms. The molecule has 0 aromatic carbocycles. The minimum absolute atomic E-state index is 0.497. The third kappa shape index (κ3) is 1.16. The molecule has 1 saturated heterocycles. The minimum atomic E-state index is 0.497. The summed E-state index contributed by atoms with van der Waals surface area (Å²) in [5, 5.41) is 0. The van der Waals surface area contributed by atoms with Gasteiger partial charge in [-0.25, -0.2) is 0 Å². The average molecular weight is 166 g/mol. The Labute approximate surface area is 74.8 Å². The van der Waals surface area contributed by atoms with Crippen molar-refractivity contribution in [3.8, 4) is 0 Å². The fourth-order valence-corrected chi connectivity index (χ4v) is 2.60. The van der Waals surface area contributed by atoms with E-state index < -0.39 is 0 Å². The molecule has 1 aliphatic carbocycles. The van der Waals surface area contributed by atoms with Gasteiger partial charge in [0.2, 0.25) is 0 Å². The molecule has 0 bridgehead atoms. The standard InChI is InChI=1S/C11H18O/c1-7-4-5-10-8(2)9(3)12-11(10)6-7/h7-8,10-11H,3-6H2,1-2H3/t7-,8-,10+,11+/m1/s1. The molecule has 0 unspecified atom stereocenters. The highest BCUT2D eigenvalue weighted by Crippen LogP contribution is 2.44. The maximum atomic E-state index is 5.75. The van der Waals surface area contributed by atoms with Crippen molar-refractivity contribution >= 4 is 0 Å². The van der Waals surface area contributed by atoms with Crippen LogP contribution in [0.15, 0.2) is 12.3 Å². The van der Waals surface area contributed by atoms with Crippen LogP contribution < -0.4 is 0 Å². The van der Waals surface area contributed by atoms with E-state index in [1.54, 1.807) is 0 Å². The molecule has 0 radical (unpaired) electrons. The summed E-state index contributed by atoms with van der Waals surface area (Å²) in [6.07, 6.45) is 4.46. The smallest absolute Gasteiger partial charge is 0.102 e. The average Bonchev–Trinajstić information content (AvgIpc) is 2.28. The SMILES string of the molecule is C=C1O[C@H]2C[C@H](C)CC[C@H]2[C@@H]1C. The van der Waals surface area contributed by atoms with Crippen molar-refractivity contribution in [1.29, 1.82) is 0 Å². The van der Waals surface area contributed by atoms with Gasteiger partial charge in [0.1, 0.15) is 6.10 Å². The van der Waals surface area contributed by atoms with Crippen molar-refractivity contribution in [3.05, 3.63) is 12.3 Å². The molecule has 1 aliphatic heterocycles. The molecule has 68 valence electrons. The van der Waals surface area contributed by atoms with Crippen LogP contribution in [0, 0.1) is 17.8 Å². The Morgan fingerprint density at radius 3 is 2.83 bits per heavy atom. The lowest BCUT2D eigenvalue weighted by Gasteiger charge is -2.29. The third-order valence-corrected chi connectivity index (χ3v) is 3.56. The maximum Gasteiger partial charge on any atom is 0.102 e. The molecular formula is C11H18O. The number of allylic oxidation sites excluding steroid dienone is 1. The first-order chi connectivity index (χ1) is 5.68. The normalized spacial score (nSPS) is 47.0. The van der Waals surface area contributed by atoms with Crippen LogP contribution in [-0.2, 0) is 4.74 Å². The van der Waals surface area contributed by atoms with E-state index in [9.17, 15) is 0 Å². The van der Waals surface area contributed by atoms with Crippen LogP contribution in [0.2, 0.25) is 0 Å². The quantitative estimate of drug-likeness (QED) is 0.537. The van der Waals surface area contributed by atoms with Gasteiger partial charge in [0.05, 0.1) is 5.76 Å². The Kier molecular flexibility index (Phi) is 1.90. The summed E-state index contributed by atoms with van der Waals surface area (Å²) < 4.78 is 5.75. The first kappa shape index (κ1) is 8.15. The van der Waals surface area contributed by atoms with Gasteiger partial charge in [-0.3, -0.25) is 0 Å². The Morgan fingerprint density at radius 1 is 1.33 bits per heavy atom. The molecular weight excluding hydrogens is 148 g/mol. The van der Waals surface area contributed by atoms with Crippen LogP contribution in [-0.4, -0.2) is 6.10 Å². The summed E-state index contributed by atoms with van der Waals surface area (Å²) >= 11 is 0. The van der Waals surface area contributed by atoms with Gasteiger partial charge < -0.3 is 4.74 Å². The van der Waals surface area contributed by atoms with Gasteiger partial charge in [0.15, 0.2) is 0 Å². The highest BCUT2D eigenvalue weighted by molar-refractivity contribution is 5.03. The summed E-state index contributed by atoms with van der Waals surface area (Å²) in [6, 6.07) is 0. The second-order valence-corrected chi connectivity index (χ2v) is 4.49. The van der Waals surface area contributed by atoms with Crippen molar-refractivity contribution in [2.75, 3.05) is 0 Å². The zero-order valence-electron chi connectivity index (χ0n) is 8.05. The van der Waals surface area contributed by atoms with Crippen LogP contribution in [0.3, 0.4) is 0 Å². The zero-order valence-corrected chi connectivity index (χ0v) is 8.05. The maximum absolute atomic E-state index is 5.75. The zero-order chi connectivity index (χ0) is 8.72. The summed E-state index contributed by atoms with van der Waals surface area (Å²) in [7, 11) is 0. The van der Waals surface area contributed by atoms with Gasteiger partial charge in [0.25, 0.3) is 0 Å². The number of rotatable bonds is 0. The van der Waals surface area contributed by atoms with Gasteiger partial charge in [-0.15, -0.1) is 0 Å². The van der Waals surface area contributed by atoms with Crippen molar-refractivity contribution in [1.82, 2.24) is 0 Å². The number of hydrogen-bond donors (Lipinski definition) is 0. The van der Waals surface area contributed by atoms with Crippen LogP contribution in [0.1, 0.15) is 33.1 Å². The van der Waals surface area contributed by atoms with E-state index in [0.717, 1.165) is 17.6 Å². The third-order valence-electron chi connectivity index (χ3n) is 3.56. The second-order valence-electron chi connectivity index (χ2n) is 4.49. The molecule has 0 N–H and O–H groups in total. The van der Waals surface area contributed by atoms with E-state index >= 15 is 0 Å². The highest BCUT2D eigenvalue weighted by atomic mass is 16.5. The first-order valence-electron chi connectivity index (χ1n) is 5.04. The van der Waals surface area contributed by atoms with Crippen molar-refractivity contribution < 1.29 is 4.74 Å². The Bertz CT molecular complexity index is 197. The second kappa shape index (κ2) is 2.79. The van der Waals surface area contributed by atoms with Gasteiger partial charge in [0, 0.05) is 11.8 Å². The molecule has 1 heteroatoms. The molecule has 4 atom stereocenters. The molecule has 0 amide bonds. The van der Waals surface area contributed by atoms with Gasteiger partial charge in [-0.05, 0) is 18.8 Å². The first-order valence-corrected chi connectivity index (χ1v) is 5.04. The molecule has 0 aromatic rings. The number of fused-ring (bicyclic) bond motifs is 1. The number of hydrogen-bond acceptors (Lipinski definition) is 1. The van der Waals surface area contributed by atoms with E-state index in [-0.39, 0.29) is 0 Å². The molecule has 2 rings (SSSR count). The monoisotopic (exact) mass is 166 g/mol. The van der Waals surface area contributed by atoms with Crippen LogP contribution in [0.25, 0.3) is 0 Å². The summed E-state index contributed by atoms with van der Waals surface area (Å²) in [4.78, 5) is 0. The van der Waals surface area contributed by atoms with Gasteiger partial charge in [-0.2, -0.15) is 0 Å². The predicted molar refractivity (Wildman–Crippen MR) is 49.7 cm³/mol. The Morgan fingerprint density at radius 2 is 2.08 bits per heavy atom. The molecule has 1 saturated carbocycles. The van der Waals surface area contributed by atoms with Gasteiger partial charge >= 0.3 is 0 Å². The van der Waals surface area contributed by atoms with Crippen molar-refractivity contribution in [2.45, 2.75) is 39.2 Å². The van der Waals surface area contributed by atoms with Crippen LogP contribution in [0.5, 0.6) is 0 Å². The van der Waals surface area contributed by atoms with E-state index in [1.165, 1.54) is 19.3 Å². The highest BCUT2D eigenvalue weighted by Gasteiger charge is 2.40. The molecule has 2 fully saturated rings. The fourth-order valence-electron chi connectivity index (χ4n) is 2.60. The van der Waals surface area contributed by atoms with Crippen LogP contribution >= 0.6 is 0 Å². The fraction of sp³-hybridized carbons (Fsp3) is 0.818. The Hall–Kier alpha value is -0.460. The lowest BCUT2D eigenvalue weighted by atomic mass is 9.76. The van der Waals surface area contributed by atoms with E-state index in [1.807, 2.05) is 0 Å². The van der Waals surface area contributed by atoms with E-state index in [4.69, 9.17) is 4.74 Å². The molecule has 2 aliphatic rings. The molecule has 0 aromatic heterocycles. The van der Waals surface area contributed by atoms with E-state index in [0.29, 0.717) is 12.0 Å². The van der Waals surface area contributed by atoms with Crippen molar-refractivity contribution in [2.24, 2.45) is 17.8 Å². The summed E-state index contributed by atoms with van der Waals surface area (Å²) in [5.74, 6) is 3.25. The van der Waals surface area contributed by atoms with E-state index in [2.05, 4.69) is 20.4 Å². The number of ether oxygens (including phenoxy) is 1. The summed E-state index contributed by atoms with van der Waals surface area (Å²) in [6.45, 7) is 8.54. The van der Waals surface area contributed by atoms with Crippen LogP contribution in [0.4, 0.5) is 0 Å². The summed E-state index contributed by atoms with van der Waals surface area (Å²) in [5.41, 5.74) is 0. The Balaban J connectivity index is 2.09. The predicted octanol–water partition coefficient (Wildman–Crippen LogP) is 2.97. The molecule has 1 nitrogen and oxygen atoms in total. The lowest BCUT2D eigenvalue weighted by Crippen LogP contribution is -2.27. The molecule has 0 spiro atoms. The molecule has 1 heterocycles. The minimum Gasteiger partial charge on any atom is -0.495 e. The topological polar surface area (TPSA) is 9.23 Å². The van der Waals surface area contributed by atoms with Gasteiger partial charge in [-0.1, -0.05) is 26.8 Å². The largest absolute Gasteiger partial charge is 0.495 e.